The average molecular weight is 677 g/mol. The van der Waals surface area contributed by atoms with E-state index in [0.717, 1.165) is 71.8 Å². The lowest BCUT2D eigenvalue weighted by molar-refractivity contribution is 0.437. The summed E-state index contributed by atoms with van der Waals surface area (Å²) in [6.45, 7) is 0. The van der Waals surface area contributed by atoms with Crippen molar-refractivity contribution in [1.29, 1.82) is 0 Å². The largest absolute Gasteiger partial charge is 0.457 e. The molecule has 1 aliphatic heterocycles. The first kappa shape index (κ1) is 28.6. The molecule has 12 rings (SSSR count). The van der Waals surface area contributed by atoms with Gasteiger partial charge in [-0.15, -0.1) is 0 Å². The number of hydrogen-bond acceptors (Lipinski definition) is 4. The monoisotopic (exact) mass is 676 g/mol. The maximum absolute atomic E-state index is 6.97. The predicted molar refractivity (Wildman–Crippen MR) is 212 cm³/mol. The molecule has 10 aromatic rings. The Kier molecular flexibility index (Phi) is 5.64. The molecule has 0 bridgehead atoms. The zero-order chi connectivity index (χ0) is 34.7. The summed E-state index contributed by atoms with van der Waals surface area (Å²) in [6.07, 6.45) is 1.80. The molecular formula is C48H28N4O. The topological polar surface area (TPSA) is 52.8 Å². The number of ether oxygens (including phenoxy) is 1. The van der Waals surface area contributed by atoms with Crippen LogP contribution in [0.3, 0.4) is 0 Å². The van der Waals surface area contributed by atoms with Gasteiger partial charge < -0.3 is 4.74 Å². The third-order valence-corrected chi connectivity index (χ3v) is 11.3. The number of para-hydroxylation sites is 1. The SMILES string of the molecule is c1ccc(-c2nc(-n3c4cc5c(cc4c4ccc6ccccc6c43)C3(c4ccccc4O5)c4ccccc4-c4ccccc43)nc3ncccc23)cc1. The van der Waals surface area contributed by atoms with Crippen LogP contribution in [0.4, 0.5) is 0 Å². The molecule has 0 N–H and O–H groups in total. The lowest BCUT2D eigenvalue weighted by Gasteiger charge is -2.39. The van der Waals surface area contributed by atoms with Gasteiger partial charge in [0.1, 0.15) is 11.5 Å². The summed E-state index contributed by atoms with van der Waals surface area (Å²) >= 11 is 0. The summed E-state index contributed by atoms with van der Waals surface area (Å²) in [5.41, 5.74) is 11.3. The Morgan fingerprint density at radius 1 is 0.491 bits per heavy atom. The average Bonchev–Trinajstić information content (AvgIpc) is 3.71. The van der Waals surface area contributed by atoms with Crippen molar-refractivity contribution in [2.24, 2.45) is 0 Å². The van der Waals surface area contributed by atoms with Gasteiger partial charge in [-0.05, 0) is 51.9 Å². The summed E-state index contributed by atoms with van der Waals surface area (Å²) in [4.78, 5) is 15.3. The fraction of sp³-hybridized carbons (Fsp3) is 0.0208. The normalized spacial score (nSPS) is 13.6. The van der Waals surface area contributed by atoms with Crippen LogP contribution >= 0.6 is 0 Å². The van der Waals surface area contributed by atoms with Crippen molar-refractivity contribution in [3.63, 3.8) is 0 Å². The molecular weight excluding hydrogens is 649 g/mol. The van der Waals surface area contributed by atoms with E-state index in [1.807, 2.05) is 30.3 Å². The molecule has 53 heavy (non-hydrogen) atoms. The number of nitrogens with zero attached hydrogens (tertiary/aromatic N) is 4. The van der Waals surface area contributed by atoms with E-state index in [0.29, 0.717) is 11.6 Å². The molecule has 0 saturated carbocycles. The van der Waals surface area contributed by atoms with Crippen LogP contribution in [0, 0.1) is 0 Å². The van der Waals surface area contributed by atoms with Crippen molar-refractivity contribution in [3.05, 3.63) is 192 Å². The van der Waals surface area contributed by atoms with Gasteiger partial charge in [0.15, 0.2) is 5.65 Å². The Hall–Kier alpha value is -7.11. The molecule has 4 heterocycles. The van der Waals surface area contributed by atoms with Crippen molar-refractivity contribution in [1.82, 2.24) is 19.5 Å². The molecule has 1 spiro atoms. The van der Waals surface area contributed by atoms with Crippen molar-refractivity contribution < 1.29 is 4.74 Å². The van der Waals surface area contributed by atoms with Crippen molar-refractivity contribution >= 4 is 43.6 Å². The van der Waals surface area contributed by atoms with Crippen molar-refractivity contribution in [2.45, 2.75) is 5.41 Å². The number of aromatic nitrogens is 4. The predicted octanol–water partition coefficient (Wildman–Crippen LogP) is 11.4. The highest BCUT2D eigenvalue weighted by Gasteiger charge is 2.51. The van der Waals surface area contributed by atoms with Crippen LogP contribution in [0.25, 0.3) is 71.9 Å². The van der Waals surface area contributed by atoms with E-state index in [4.69, 9.17) is 19.7 Å². The van der Waals surface area contributed by atoms with Crippen LogP contribution in [0.5, 0.6) is 11.5 Å². The van der Waals surface area contributed by atoms with E-state index < -0.39 is 5.41 Å². The highest BCUT2D eigenvalue weighted by Crippen LogP contribution is 2.62. The number of fused-ring (bicyclic) bond motifs is 15. The van der Waals surface area contributed by atoms with E-state index in [1.54, 1.807) is 6.20 Å². The van der Waals surface area contributed by atoms with Crippen LogP contribution in [0.1, 0.15) is 22.3 Å². The number of hydrogen-bond donors (Lipinski definition) is 0. The van der Waals surface area contributed by atoms with E-state index in [2.05, 4.69) is 138 Å². The first-order chi connectivity index (χ1) is 26.3. The van der Waals surface area contributed by atoms with Crippen molar-refractivity contribution in [3.8, 4) is 39.8 Å². The Morgan fingerprint density at radius 3 is 2.02 bits per heavy atom. The van der Waals surface area contributed by atoms with E-state index in [9.17, 15) is 0 Å². The third kappa shape index (κ3) is 3.73. The molecule has 0 radical (unpaired) electrons. The van der Waals surface area contributed by atoms with Crippen LogP contribution in [-0.2, 0) is 5.41 Å². The quantitative estimate of drug-likeness (QED) is 0.183. The maximum atomic E-state index is 6.97. The van der Waals surface area contributed by atoms with Gasteiger partial charge in [-0.2, -0.15) is 4.98 Å². The Morgan fingerprint density at radius 2 is 1.19 bits per heavy atom. The molecule has 246 valence electrons. The fourth-order valence-corrected chi connectivity index (χ4v) is 9.20. The Labute approximate surface area is 304 Å². The molecule has 5 nitrogen and oxygen atoms in total. The maximum Gasteiger partial charge on any atom is 0.237 e. The van der Waals surface area contributed by atoms with Gasteiger partial charge in [-0.1, -0.05) is 133 Å². The summed E-state index contributed by atoms with van der Waals surface area (Å²) in [6, 6.07) is 58.2. The molecule has 0 amide bonds. The van der Waals surface area contributed by atoms with Gasteiger partial charge in [-0.3, -0.25) is 4.57 Å². The molecule has 0 saturated heterocycles. The zero-order valence-corrected chi connectivity index (χ0v) is 28.4. The molecule has 1 aliphatic carbocycles. The van der Waals surface area contributed by atoms with Crippen LogP contribution < -0.4 is 4.74 Å². The van der Waals surface area contributed by atoms with Crippen molar-refractivity contribution in [2.75, 3.05) is 0 Å². The molecule has 0 unspecified atom stereocenters. The van der Waals surface area contributed by atoms with Crippen LogP contribution in [0.2, 0.25) is 0 Å². The molecule has 0 fully saturated rings. The second-order valence-corrected chi connectivity index (χ2v) is 13.9. The number of benzene rings is 7. The molecule has 0 atom stereocenters. The number of rotatable bonds is 2. The van der Waals surface area contributed by atoms with E-state index >= 15 is 0 Å². The minimum atomic E-state index is -0.569. The van der Waals surface area contributed by atoms with Gasteiger partial charge in [0.05, 0.1) is 22.1 Å². The van der Waals surface area contributed by atoms with Gasteiger partial charge in [0.25, 0.3) is 0 Å². The van der Waals surface area contributed by atoms with Gasteiger partial charge >= 0.3 is 0 Å². The first-order valence-corrected chi connectivity index (χ1v) is 17.9. The summed E-state index contributed by atoms with van der Waals surface area (Å²) < 4.78 is 9.20. The zero-order valence-electron chi connectivity index (χ0n) is 28.4. The lowest BCUT2D eigenvalue weighted by atomic mass is 9.66. The van der Waals surface area contributed by atoms with Crippen LogP contribution in [-0.4, -0.2) is 19.5 Å². The Bertz CT molecular complexity index is 3120. The summed E-state index contributed by atoms with van der Waals surface area (Å²) in [5, 5.41) is 5.42. The van der Waals surface area contributed by atoms with Crippen LogP contribution in [0.15, 0.2) is 170 Å². The lowest BCUT2D eigenvalue weighted by Crippen LogP contribution is -2.32. The second-order valence-electron chi connectivity index (χ2n) is 13.9. The highest BCUT2D eigenvalue weighted by molar-refractivity contribution is 6.19. The van der Waals surface area contributed by atoms with E-state index in [-0.39, 0.29) is 0 Å². The Balaban J connectivity index is 1.25. The third-order valence-electron chi connectivity index (χ3n) is 11.3. The van der Waals surface area contributed by atoms with Gasteiger partial charge in [-0.25, -0.2) is 9.97 Å². The minimum Gasteiger partial charge on any atom is -0.457 e. The standard InChI is InChI=1S/C48H28N4O/c1-2-14-30(15-3-1)44-35-19-12-26-49-46(35)51-47(50-44)52-41-28-43-40(27-36(41)34-25-24-29-13-4-5-16-31(29)45(34)52)48(39-22-10-11-23-42(39)53-43)37-20-8-6-17-32(37)33-18-7-9-21-38(33)48/h1-28H. The smallest absolute Gasteiger partial charge is 0.237 e. The molecule has 2 aliphatic rings. The first-order valence-electron chi connectivity index (χ1n) is 17.9. The second kappa shape index (κ2) is 10.5. The fourth-order valence-electron chi connectivity index (χ4n) is 9.20. The highest BCUT2D eigenvalue weighted by atomic mass is 16.5. The summed E-state index contributed by atoms with van der Waals surface area (Å²) in [7, 11) is 0. The molecule has 3 aromatic heterocycles. The van der Waals surface area contributed by atoms with E-state index in [1.165, 1.54) is 22.3 Å². The minimum absolute atomic E-state index is 0.564. The summed E-state index contributed by atoms with van der Waals surface area (Å²) in [5.74, 6) is 2.24. The van der Waals surface area contributed by atoms with Gasteiger partial charge in [0.2, 0.25) is 5.95 Å². The molecule has 5 heteroatoms. The van der Waals surface area contributed by atoms with Gasteiger partial charge in [0, 0.05) is 50.5 Å². The molecule has 7 aromatic carbocycles. The number of pyridine rings is 1.